The minimum absolute atomic E-state index is 0.0225. The van der Waals surface area contributed by atoms with Crippen molar-refractivity contribution >= 4 is 0 Å². The Bertz CT molecular complexity index is 1300. The molecule has 0 spiro atoms. The Labute approximate surface area is 225 Å². The highest BCUT2D eigenvalue weighted by atomic mass is 19.4. The molecular weight excluding hydrogens is 511 g/mol. The minimum Gasteiger partial charge on any atom is -0.486 e. The van der Waals surface area contributed by atoms with Gasteiger partial charge >= 0.3 is 6.18 Å². The first-order valence-corrected chi connectivity index (χ1v) is 13.7. The van der Waals surface area contributed by atoms with Crippen molar-refractivity contribution in [1.29, 1.82) is 0 Å². The fourth-order valence-electron chi connectivity index (χ4n) is 6.53. The van der Waals surface area contributed by atoms with Gasteiger partial charge < -0.3 is 19.4 Å². The molecule has 2 aromatic heterocycles. The van der Waals surface area contributed by atoms with Gasteiger partial charge in [-0.15, -0.1) is 15.3 Å². The third-order valence-electron chi connectivity index (χ3n) is 8.93. The number of nitrogens with zero attached hydrogens (tertiary/aromatic N) is 6. The number of nitrogens with one attached hydrogen (secondary N) is 1. The number of hydrogen-bond acceptors (Lipinski definition) is 7. The van der Waals surface area contributed by atoms with Gasteiger partial charge in [0, 0.05) is 18.5 Å². The molecule has 3 fully saturated rings. The molecule has 9 nitrogen and oxygen atoms in total. The molecule has 3 atom stereocenters. The Morgan fingerprint density at radius 3 is 2.72 bits per heavy atom. The van der Waals surface area contributed by atoms with Gasteiger partial charge in [-0.1, -0.05) is 11.3 Å². The van der Waals surface area contributed by atoms with E-state index in [2.05, 4.69) is 32.0 Å². The van der Waals surface area contributed by atoms with Gasteiger partial charge in [-0.2, -0.15) is 13.2 Å². The lowest BCUT2D eigenvalue weighted by Gasteiger charge is -2.36. The van der Waals surface area contributed by atoms with Crippen LogP contribution >= 0.6 is 0 Å². The van der Waals surface area contributed by atoms with Crippen LogP contribution in [0.25, 0.3) is 0 Å². The first-order chi connectivity index (χ1) is 18.7. The monoisotopic (exact) mass is 545 g/mol. The third kappa shape index (κ3) is 5.16. The number of aromatic nitrogens is 6. The van der Waals surface area contributed by atoms with Gasteiger partial charge in [0.15, 0.2) is 5.82 Å². The second kappa shape index (κ2) is 10.2. The van der Waals surface area contributed by atoms with Crippen LogP contribution in [0.5, 0.6) is 5.75 Å². The number of likely N-dealkylation sites (N-methyl/N-ethyl adjacent to an activating group) is 1. The highest BCUT2D eigenvalue weighted by molar-refractivity contribution is 5.30. The van der Waals surface area contributed by atoms with Crippen molar-refractivity contribution in [2.45, 2.75) is 81.3 Å². The molecule has 1 N–H and O–H groups in total. The zero-order valence-corrected chi connectivity index (χ0v) is 22.2. The van der Waals surface area contributed by atoms with Crippen LogP contribution in [0.3, 0.4) is 0 Å². The number of ether oxygens (including phenoxy) is 2. The molecule has 210 valence electrons. The average Bonchev–Trinajstić information content (AvgIpc) is 3.66. The van der Waals surface area contributed by atoms with Crippen molar-refractivity contribution in [2.24, 2.45) is 13.0 Å². The summed E-state index contributed by atoms with van der Waals surface area (Å²) in [5, 5.41) is 21.1. The summed E-state index contributed by atoms with van der Waals surface area (Å²) in [5.41, 5.74) is 0.322. The number of hydrogen-bond donors (Lipinski definition) is 1. The molecule has 3 aromatic rings. The third-order valence-corrected chi connectivity index (χ3v) is 8.93. The Morgan fingerprint density at radius 1 is 1.13 bits per heavy atom. The van der Waals surface area contributed by atoms with Crippen molar-refractivity contribution in [1.82, 2.24) is 35.1 Å². The highest BCUT2D eigenvalue weighted by Crippen LogP contribution is 2.47. The Kier molecular flexibility index (Phi) is 6.86. The summed E-state index contributed by atoms with van der Waals surface area (Å²) in [7, 11) is 3.90. The highest BCUT2D eigenvalue weighted by Gasteiger charge is 2.47. The topological polar surface area (TPSA) is 91.9 Å². The van der Waals surface area contributed by atoms with E-state index >= 15 is 0 Å². The maximum atomic E-state index is 13.0. The average molecular weight is 546 g/mol. The van der Waals surface area contributed by atoms with Crippen LogP contribution in [0.15, 0.2) is 30.5 Å². The van der Waals surface area contributed by atoms with Gasteiger partial charge in [-0.05, 0) is 76.1 Å². The molecule has 2 unspecified atom stereocenters. The summed E-state index contributed by atoms with van der Waals surface area (Å²) < 4.78 is 54.7. The molecule has 1 aromatic carbocycles. The van der Waals surface area contributed by atoms with Crippen LogP contribution in [0.1, 0.15) is 85.9 Å². The van der Waals surface area contributed by atoms with Crippen molar-refractivity contribution < 1.29 is 22.6 Å². The summed E-state index contributed by atoms with van der Waals surface area (Å²) in [6.45, 7) is 0.759. The van der Waals surface area contributed by atoms with Crippen LogP contribution in [0.2, 0.25) is 0 Å². The summed E-state index contributed by atoms with van der Waals surface area (Å²) in [6, 6.07) is 5.14. The summed E-state index contributed by atoms with van der Waals surface area (Å²) in [5.74, 6) is 2.33. The molecule has 2 bridgehead atoms. The minimum atomic E-state index is -4.41. The predicted octanol–water partition coefficient (Wildman–Crippen LogP) is 4.73. The SMILES string of the molecule is CNC12CCC(C1)[C@H](c1cn(C3CCC(c4nnc(COc5cccc(C(F)(F)F)c5)n4C)CC3)nn1)OC2. The van der Waals surface area contributed by atoms with Crippen molar-refractivity contribution in [3.8, 4) is 5.75 Å². The first-order valence-electron chi connectivity index (χ1n) is 13.7. The van der Waals surface area contributed by atoms with Crippen molar-refractivity contribution in [2.75, 3.05) is 13.7 Å². The van der Waals surface area contributed by atoms with Gasteiger partial charge in [0.1, 0.15) is 30.0 Å². The van der Waals surface area contributed by atoms with E-state index in [1.807, 2.05) is 23.3 Å². The fourth-order valence-corrected chi connectivity index (χ4v) is 6.53. The fraction of sp³-hybridized carbons (Fsp3) is 0.630. The molecule has 39 heavy (non-hydrogen) atoms. The lowest BCUT2D eigenvalue weighted by molar-refractivity contribution is -0.137. The van der Waals surface area contributed by atoms with Crippen molar-refractivity contribution in [3.05, 3.63) is 53.4 Å². The number of alkyl halides is 3. The van der Waals surface area contributed by atoms with E-state index in [-0.39, 0.29) is 36.0 Å². The largest absolute Gasteiger partial charge is 0.486 e. The normalized spacial score (nSPS) is 29.1. The van der Waals surface area contributed by atoms with Crippen LogP contribution in [-0.4, -0.2) is 49.0 Å². The number of fused-ring (bicyclic) bond motifs is 2. The first kappa shape index (κ1) is 26.2. The second-order valence-corrected chi connectivity index (χ2v) is 11.2. The predicted molar refractivity (Wildman–Crippen MR) is 135 cm³/mol. The van der Waals surface area contributed by atoms with Crippen LogP contribution in [0.4, 0.5) is 13.2 Å². The molecule has 12 heteroatoms. The maximum absolute atomic E-state index is 13.0. The van der Waals surface area contributed by atoms with E-state index in [1.54, 1.807) is 0 Å². The number of rotatable bonds is 7. The Morgan fingerprint density at radius 2 is 1.95 bits per heavy atom. The van der Waals surface area contributed by atoms with E-state index in [0.29, 0.717) is 18.3 Å². The van der Waals surface area contributed by atoms with Gasteiger partial charge in [-0.3, -0.25) is 0 Å². The van der Waals surface area contributed by atoms with E-state index in [4.69, 9.17) is 9.47 Å². The van der Waals surface area contributed by atoms with Crippen LogP contribution in [-0.2, 0) is 24.6 Å². The molecular formula is C27H34F3N7O2. The zero-order valence-electron chi connectivity index (χ0n) is 22.2. The molecule has 6 rings (SSSR count). The molecule has 0 amide bonds. The number of halogens is 3. The zero-order chi connectivity index (χ0) is 27.2. The van der Waals surface area contributed by atoms with E-state index in [9.17, 15) is 13.2 Å². The Hall–Kier alpha value is -2.99. The van der Waals surface area contributed by atoms with E-state index < -0.39 is 11.7 Å². The van der Waals surface area contributed by atoms with Gasteiger partial charge in [-0.25, -0.2) is 4.68 Å². The lowest BCUT2D eigenvalue weighted by atomic mass is 9.85. The standard InChI is InChI=1S/C27H34F3N7O2/c1-31-26-11-10-18(13-26)24(39-16-26)22-14-37(35-32-22)20-8-6-17(7-9-20)25-34-33-23(36(25)2)15-38-21-5-3-4-19(12-21)27(28,29)30/h3-5,12,14,17-18,20,24,31H,6-11,13,15-16H2,1-2H3/t17?,18?,20?,24-,26?/m1/s1. The molecule has 0 radical (unpaired) electrons. The maximum Gasteiger partial charge on any atom is 0.416 e. The molecule has 3 aliphatic rings. The summed E-state index contributed by atoms with van der Waals surface area (Å²) >= 11 is 0. The second-order valence-electron chi connectivity index (χ2n) is 11.2. The van der Waals surface area contributed by atoms with E-state index in [1.165, 1.54) is 12.1 Å². The smallest absolute Gasteiger partial charge is 0.416 e. The lowest BCUT2D eigenvalue weighted by Crippen LogP contribution is -2.48. The van der Waals surface area contributed by atoms with Crippen LogP contribution < -0.4 is 10.1 Å². The van der Waals surface area contributed by atoms with Gasteiger partial charge in [0.2, 0.25) is 0 Å². The molecule has 2 aliphatic carbocycles. The van der Waals surface area contributed by atoms with Gasteiger partial charge in [0.05, 0.1) is 24.4 Å². The van der Waals surface area contributed by atoms with Crippen LogP contribution in [0, 0.1) is 5.92 Å². The molecule has 1 saturated heterocycles. The molecule has 3 heterocycles. The van der Waals surface area contributed by atoms with Crippen molar-refractivity contribution in [3.63, 3.8) is 0 Å². The van der Waals surface area contributed by atoms with Gasteiger partial charge in [0.25, 0.3) is 0 Å². The molecule has 2 saturated carbocycles. The van der Waals surface area contributed by atoms with E-state index in [0.717, 1.165) is 68.6 Å². The number of benzene rings is 1. The Balaban J connectivity index is 1.04. The quantitative estimate of drug-likeness (QED) is 0.459. The summed E-state index contributed by atoms with van der Waals surface area (Å²) in [4.78, 5) is 0. The molecule has 1 aliphatic heterocycles. The summed E-state index contributed by atoms with van der Waals surface area (Å²) in [6.07, 6.45) is 4.88.